The van der Waals surface area contributed by atoms with Gasteiger partial charge in [0.25, 0.3) is 0 Å². The fraction of sp³-hybridized carbons (Fsp3) is 0.333. The average Bonchev–Trinajstić information content (AvgIpc) is 2.95. The minimum Gasteiger partial charge on any atom is -0.454 e. The highest BCUT2D eigenvalue weighted by atomic mass is 16.7. The Morgan fingerprint density at radius 3 is 2.32 bits per heavy atom. The topological polar surface area (TPSA) is 47.7 Å². The second-order valence-electron chi connectivity index (χ2n) is 5.92. The Balaban J connectivity index is 1.61. The van der Waals surface area contributed by atoms with Crippen LogP contribution >= 0.6 is 0 Å². The molecule has 0 aromatic heterocycles. The lowest BCUT2D eigenvalue weighted by Crippen LogP contribution is -2.25. The van der Waals surface area contributed by atoms with Crippen molar-refractivity contribution in [3.8, 4) is 11.5 Å². The quantitative estimate of drug-likeness (QED) is 0.922. The fourth-order valence-electron chi connectivity index (χ4n) is 2.68. The fourth-order valence-corrected chi connectivity index (χ4v) is 2.68. The van der Waals surface area contributed by atoms with Crippen molar-refractivity contribution in [3.05, 3.63) is 53.6 Å². The number of hydrogen-bond donors (Lipinski definition) is 1. The summed E-state index contributed by atoms with van der Waals surface area (Å²) in [7, 11) is 4.08. The van der Waals surface area contributed by atoms with E-state index >= 15 is 0 Å². The van der Waals surface area contributed by atoms with Crippen LogP contribution in [0.3, 0.4) is 0 Å². The van der Waals surface area contributed by atoms with Gasteiger partial charge in [0.05, 0.1) is 0 Å². The maximum atomic E-state index is 6.30. The Morgan fingerprint density at radius 2 is 1.59 bits per heavy atom. The van der Waals surface area contributed by atoms with Crippen LogP contribution in [-0.2, 0) is 12.8 Å². The summed E-state index contributed by atoms with van der Waals surface area (Å²) in [5.74, 6) is 1.64. The smallest absolute Gasteiger partial charge is 0.231 e. The van der Waals surface area contributed by atoms with Crippen molar-refractivity contribution in [1.29, 1.82) is 0 Å². The zero-order valence-electron chi connectivity index (χ0n) is 13.1. The predicted molar refractivity (Wildman–Crippen MR) is 88.7 cm³/mol. The highest BCUT2D eigenvalue weighted by Gasteiger charge is 2.14. The molecule has 2 aromatic carbocycles. The Bertz CT molecular complexity index is 638. The number of ether oxygens (including phenoxy) is 2. The van der Waals surface area contributed by atoms with E-state index in [1.54, 1.807) is 0 Å². The third-order valence-corrected chi connectivity index (χ3v) is 3.89. The second kappa shape index (κ2) is 6.28. The van der Waals surface area contributed by atoms with Crippen LogP contribution < -0.4 is 20.1 Å². The van der Waals surface area contributed by atoms with E-state index < -0.39 is 0 Å². The normalized spacial score (nSPS) is 14.0. The molecule has 22 heavy (non-hydrogen) atoms. The molecule has 3 rings (SSSR count). The SMILES string of the molecule is CN(C)c1ccc(CC(N)Cc2ccc3c(c2)OCO3)cc1. The highest BCUT2D eigenvalue weighted by molar-refractivity contribution is 5.46. The second-order valence-corrected chi connectivity index (χ2v) is 5.92. The van der Waals surface area contributed by atoms with Gasteiger partial charge in [0.2, 0.25) is 6.79 Å². The summed E-state index contributed by atoms with van der Waals surface area (Å²) in [6.45, 7) is 0.309. The number of benzene rings is 2. The Kier molecular flexibility index (Phi) is 4.20. The number of fused-ring (bicyclic) bond motifs is 1. The van der Waals surface area contributed by atoms with Crippen molar-refractivity contribution < 1.29 is 9.47 Å². The molecule has 116 valence electrons. The molecule has 2 aromatic rings. The lowest BCUT2D eigenvalue weighted by Gasteiger charge is -2.15. The molecule has 1 atom stereocenters. The Hall–Kier alpha value is -2.20. The van der Waals surface area contributed by atoms with Gasteiger partial charge in [0.1, 0.15) is 0 Å². The van der Waals surface area contributed by atoms with E-state index in [1.165, 1.54) is 16.8 Å². The van der Waals surface area contributed by atoms with Crippen LogP contribution in [0, 0.1) is 0 Å². The number of rotatable bonds is 5. The molecule has 0 bridgehead atoms. The molecule has 4 heteroatoms. The molecule has 0 saturated carbocycles. The summed E-state index contributed by atoms with van der Waals surface area (Å²) < 4.78 is 10.7. The van der Waals surface area contributed by atoms with Crippen LogP contribution in [0.4, 0.5) is 5.69 Å². The third-order valence-electron chi connectivity index (χ3n) is 3.89. The molecule has 1 aliphatic heterocycles. The van der Waals surface area contributed by atoms with Gasteiger partial charge in [-0.3, -0.25) is 0 Å². The minimum atomic E-state index is 0.0885. The minimum absolute atomic E-state index is 0.0885. The number of hydrogen-bond acceptors (Lipinski definition) is 4. The summed E-state index contributed by atoms with van der Waals surface area (Å²) in [5, 5.41) is 0. The lowest BCUT2D eigenvalue weighted by atomic mass is 9.99. The molecule has 0 fully saturated rings. The first kappa shape index (κ1) is 14.7. The monoisotopic (exact) mass is 298 g/mol. The summed E-state index contributed by atoms with van der Waals surface area (Å²) in [6.07, 6.45) is 1.69. The van der Waals surface area contributed by atoms with Crippen LogP contribution in [0.25, 0.3) is 0 Å². The van der Waals surface area contributed by atoms with Gasteiger partial charge in [-0.2, -0.15) is 0 Å². The number of nitrogens with two attached hydrogens (primary N) is 1. The molecule has 0 radical (unpaired) electrons. The highest BCUT2D eigenvalue weighted by Crippen LogP contribution is 2.32. The van der Waals surface area contributed by atoms with E-state index in [4.69, 9.17) is 15.2 Å². The van der Waals surface area contributed by atoms with Crippen molar-refractivity contribution in [2.45, 2.75) is 18.9 Å². The molecular formula is C18H22N2O2. The van der Waals surface area contributed by atoms with Gasteiger partial charge < -0.3 is 20.1 Å². The predicted octanol–water partition coefficient (Wildman–Crippen LogP) is 2.59. The van der Waals surface area contributed by atoms with Gasteiger partial charge in [-0.25, -0.2) is 0 Å². The molecule has 0 amide bonds. The first-order valence-corrected chi connectivity index (χ1v) is 7.52. The first-order valence-electron chi connectivity index (χ1n) is 7.52. The van der Waals surface area contributed by atoms with Crippen LogP contribution in [0.1, 0.15) is 11.1 Å². The molecule has 4 nitrogen and oxygen atoms in total. The number of nitrogens with zero attached hydrogens (tertiary/aromatic N) is 1. The van der Waals surface area contributed by atoms with Gasteiger partial charge in [-0.1, -0.05) is 18.2 Å². The number of anilines is 1. The van der Waals surface area contributed by atoms with E-state index in [0.717, 1.165) is 24.3 Å². The van der Waals surface area contributed by atoms with Crippen LogP contribution in [0.2, 0.25) is 0 Å². The Morgan fingerprint density at radius 1 is 0.955 bits per heavy atom. The molecule has 1 unspecified atom stereocenters. The maximum absolute atomic E-state index is 6.30. The molecule has 0 aliphatic carbocycles. The molecule has 0 saturated heterocycles. The Labute approximate surface area is 131 Å². The summed E-state index contributed by atoms with van der Waals surface area (Å²) >= 11 is 0. The van der Waals surface area contributed by atoms with Crippen molar-refractivity contribution in [2.24, 2.45) is 5.73 Å². The van der Waals surface area contributed by atoms with E-state index in [2.05, 4.69) is 35.2 Å². The summed E-state index contributed by atoms with van der Waals surface area (Å²) in [4.78, 5) is 2.09. The zero-order valence-corrected chi connectivity index (χ0v) is 13.1. The van der Waals surface area contributed by atoms with Gasteiger partial charge in [-0.15, -0.1) is 0 Å². The van der Waals surface area contributed by atoms with E-state index in [-0.39, 0.29) is 6.04 Å². The van der Waals surface area contributed by atoms with Crippen molar-refractivity contribution >= 4 is 5.69 Å². The lowest BCUT2D eigenvalue weighted by molar-refractivity contribution is 0.174. The third kappa shape index (κ3) is 3.34. The van der Waals surface area contributed by atoms with Crippen molar-refractivity contribution in [2.75, 3.05) is 25.8 Å². The average molecular weight is 298 g/mol. The maximum Gasteiger partial charge on any atom is 0.231 e. The van der Waals surface area contributed by atoms with Gasteiger partial charge >= 0.3 is 0 Å². The molecule has 0 spiro atoms. The van der Waals surface area contributed by atoms with Gasteiger partial charge in [0.15, 0.2) is 11.5 Å². The van der Waals surface area contributed by atoms with Crippen molar-refractivity contribution in [1.82, 2.24) is 0 Å². The van der Waals surface area contributed by atoms with Crippen LogP contribution in [0.15, 0.2) is 42.5 Å². The van der Waals surface area contributed by atoms with Crippen molar-refractivity contribution in [3.63, 3.8) is 0 Å². The molecular weight excluding hydrogens is 276 g/mol. The van der Waals surface area contributed by atoms with Crippen LogP contribution in [-0.4, -0.2) is 26.9 Å². The standard InChI is InChI=1S/C18H22N2O2/c1-20(2)16-6-3-13(4-7-16)9-15(19)10-14-5-8-17-18(11-14)22-12-21-17/h3-8,11,15H,9-10,12,19H2,1-2H3. The van der Waals surface area contributed by atoms with E-state index in [9.17, 15) is 0 Å². The molecule has 1 aliphatic rings. The van der Waals surface area contributed by atoms with Gasteiger partial charge in [0, 0.05) is 25.8 Å². The van der Waals surface area contributed by atoms with Crippen LogP contribution in [0.5, 0.6) is 11.5 Å². The largest absolute Gasteiger partial charge is 0.454 e. The van der Waals surface area contributed by atoms with E-state index in [0.29, 0.717) is 6.79 Å². The van der Waals surface area contributed by atoms with Gasteiger partial charge in [-0.05, 0) is 48.2 Å². The summed E-state index contributed by atoms with van der Waals surface area (Å²) in [6, 6.07) is 14.7. The molecule has 2 N–H and O–H groups in total. The zero-order chi connectivity index (χ0) is 15.5. The summed E-state index contributed by atoms with van der Waals surface area (Å²) in [5.41, 5.74) is 9.95. The van der Waals surface area contributed by atoms with E-state index in [1.807, 2.05) is 26.2 Å². The first-order chi connectivity index (χ1) is 10.6. The molecule has 1 heterocycles.